The van der Waals surface area contributed by atoms with Crippen LogP contribution in [-0.4, -0.2) is 25.8 Å². The summed E-state index contributed by atoms with van der Waals surface area (Å²) in [7, 11) is 1.77. The molecule has 0 amide bonds. The molecular weight excluding hydrogens is 265 g/mol. The molecule has 0 saturated heterocycles. The van der Waals surface area contributed by atoms with Crippen LogP contribution in [0.15, 0.2) is 24.3 Å². The average molecular weight is 295 g/mol. The van der Waals surface area contributed by atoms with Crippen molar-refractivity contribution in [3.05, 3.63) is 35.6 Å². The normalized spacial score (nSPS) is 13.4. The van der Waals surface area contributed by atoms with E-state index >= 15 is 0 Å². The number of hydrogen-bond acceptors (Lipinski definition) is 2. The van der Waals surface area contributed by atoms with Crippen molar-refractivity contribution < 1.29 is 9.13 Å². The number of benzene rings is 1. The van der Waals surface area contributed by atoms with Crippen molar-refractivity contribution in [1.29, 1.82) is 0 Å². The highest BCUT2D eigenvalue weighted by atomic mass is 19.1. The Hall–Kier alpha value is -0.930. The van der Waals surface area contributed by atoms with Crippen LogP contribution in [0.3, 0.4) is 0 Å². The van der Waals surface area contributed by atoms with Crippen molar-refractivity contribution in [3.63, 3.8) is 0 Å². The lowest BCUT2D eigenvalue weighted by molar-refractivity contribution is 0.0104. The molecule has 0 spiro atoms. The Morgan fingerprint density at radius 2 is 1.90 bits per heavy atom. The average Bonchev–Trinajstić information content (AvgIpc) is 2.47. The van der Waals surface area contributed by atoms with Gasteiger partial charge in [-0.2, -0.15) is 0 Å². The van der Waals surface area contributed by atoms with E-state index in [1.54, 1.807) is 19.2 Å². The molecule has 0 aliphatic rings. The van der Waals surface area contributed by atoms with Gasteiger partial charge in [0, 0.05) is 7.11 Å². The van der Waals surface area contributed by atoms with Gasteiger partial charge in [-0.1, -0.05) is 19.1 Å². The molecule has 1 aromatic carbocycles. The van der Waals surface area contributed by atoms with Crippen LogP contribution in [0.25, 0.3) is 0 Å². The number of nitrogens with one attached hydrogen (secondary N) is 1. The number of methoxy groups -OCH3 is 1. The second-order valence-electron chi connectivity index (χ2n) is 6.40. The summed E-state index contributed by atoms with van der Waals surface area (Å²) in [5.74, 6) is 0.386. The third-order valence-corrected chi connectivity index (χ3v) is 4.00. The predicted octanol–water partition coefficient (Wildman–Crippen LogP) is 4.19. The van der Waals surface area contributed by atoms with E-state index in [1.807, 2.05) is 12.1 Å². The van der Waals surface area contributed by atoms with Crippen molar-refractivity contribution in [3.8, 4) is 0 Å². The van der Waals surface area contributed by atoms with E-state index in [1.165, 1.54) is 5.56 Å². The molecule has 0 aliphatic carbocycles. The Morgan fingerprint density at radius 3 is 2.48 bits per heavy atom. The summed E-state index contributed by atoms with van der Waals surface area (Å²) in [6, 6.07) is 6.88. The molecule has 0 fully saturated rings. The summed E-state index contributed by atoms with van der Waals surface area (Å²) < 4.78 is 18.5. The molecule has 21 heavy (non-hydrogen) atoms. The van der Waals surface area contributed by atoms with Crippen LogP contribution in [-0.2, 0) is 11.2 Å². The van der Waals surface area contributed by atoms with Gasteiger partial charge < -0.3 is 10.1 Å². The van der Waals surface area contributed by atoms with E-state index in [2.05, 4.69) is 26.1 Å². The lowest BCUT2D eigenvalue weighted by Crippen LogP contribution is -2.29. The van der Waals surface area contributed by atoms with Gasteiger partial charge in [-0.15, -0.1) is 0 Å². The second kappa shape index (κ2) is 9.16. The van der Waals surface area contributed by atoms with Gasteiger partial charge >= 0.3 is 0 Å². The first kappa shape index (κ1) is 18.1. The number of ether oxygens (including phenoxy) is 1. The molecule has 0 bridgehead atoms. The summed E-state index contributed by atoms with van der Waals surface area (Å²) in [6.45, 7) is 8.48. The summed E-state index contributed by atoms with van der Waals surface area (Å²) in [5.41, 5.74) is 1.13. The minimum absolute atomic E-state index is 0.0776. The number of rotatable bonds is 10. The monoisotopic (exact) mass is 295 g/mol. The first-order valence-corrected chi connectivity index (χ1v) is 7.97. The zero-order valence-corrected chi connectivity index (χ0v) is 13.9. The van der Waals surface area contributed by atoms with Crippen molar-refractivity contribution in [2.75, 3.05) is 20.2 Å². The number of halogens is 1. The van der Waals surface area contributed by atoms with Gasteiger partial charge in [-0.3, -0.25) is 0 Å². The Morgan fingerprint density at radius 1 is 1.24 bits per heavy atom. The van der Waals surface area contributed by atoms with E-state index in [0.717, 1.165) is 38.8 Å². The fourth-order valence-corrected chi connectivity index (χ4v) is 2.37. The highest BCUT2D eigenvalue weighted by Crippen LogP contribution is 2.22. The van der Waals surface area contributed by atoms with Crippen molar-refractivity contribution in [2.24, 2.45) is 5.92 Å². The smallest absolute Gasteiger partial charge is 0.123 e. The standard InChI is InChI=1S/C18H30FNO/c1-5-12-20-14-16(10-11-18(2,3)21-4)13-15-6-8-17(19)9-7-15/h6-9,16,20H,5,10-14H2,1-4H3. The number of hydrogen-bond donors (Lipinski definition) is 1. The SMILES string of the molecule is CCCNCC(CCC(C)(C)OC)Cc1ccc(F)cc1. The van der Waals surface area contributed by atoms with Crippen molar-refractivity contribution in [1.82, 2.24) is 5.32 Å². The third-order valence-electron chi connectivity index (χ3n) is 4.00. The fourth-order valence-electron chi connectivity index (χ4n) is 2.37. The van der Waals surface area contributed by atoms with E-state index in [0.29, 0.717) is 5.92 Å². The van der Waals surface area contributed by atoms with Crippen LogP contribution >= 0.6 is 0 Å². The maximum Gasteiger partial charge on any atom is 0.123 e. The highest BCUT2D eigenvalue weighted by Gasteiger charge is 2.19. The fraction of sp³-hybridized carbons (Fsp3) is 0.667. The van der Waals surface area contributed by atoms with Crippen LogP contribution in [0.5, 0.6) is 0 Å². The lowest BCUT2D eigenvalue weighted by Gasteiger charge is -2.26. The Kier molecular flexibility index (Phi) is 7.91. The highest BCUT2D eigenvalue weighted by molar-refractivity contribution is 5.16. The van der Waals surface area contributed by atoms with E-state index in [9.17, 15) is 4.39 Å². The van der Waals surface area contributed by atoms with Gasteiger partial charge in [-0.05, 0) is 76.2 Å². The largest absolute Gasteiger partial charge is 0.379 e. The quantitative estimate of drug-likeness (QED) is 0.654. The zero-order chi connectivity index (χ0) is 15.7. The topological polar surface area (TPSA) is 21.3 Å². The molecule has 0 heterocycles. The maximum atomic E-state index is 13.0. The maximum absolute atomic E-state index is 13.0. The van der Waals surface area contributed by atoms with Crippen LogP contribution in [0.2, 0.25) is 0 Å². The molecule has 0 saturated carbocycles. The van der Waals surface area contributed by atoms with Gasteiger partial charge in [0.1, 0.15) is 5.82 Å². The van der Waals surface area contributed by atoms with Crippen LogP contribution < -0.4 is 5.32 Å². The molecule has 3 heteroatoms. The predicted molar refractivity (Wildman–Crippen MR) is 87.1 cm³/mol. The molecular formula is C18H30FNO. The Labute approximate surface area is 129 Å². The Bertz CT molecular complexity index is 389. The minimum Gasteiger partial charge on any atom is -0.379 e. The zero-order valence-electron chi connectivity index (χ0n) is 13.9. The van der Waals surface area contributed by atoms with Crippen molar-refractivity contribution >= 4 is 0 Å². The van der Waals surface area contributed by atoms with Gasteiger partial charge in [0.15, 0.2) is 0 Å². The minimum atomic E-state index is -0.167. The molecule has 0 radical (unpaired) electrons. The molecule has 1 N–H and O–H groups in total. The summed E-state index contributed by atoms with van der Waals surface area (Å²) >= 11 is 0. The van der Waals surface area contributed by atoms with E-state index < -0.39 is 0 Å². The van der Waals surface area contributed by atoms with Gasteiger partial charge in [0.25, 0.3) is 0 Å². The lowest BCUT2D eigenvalue weighted by atomic mass is 9.90. The van der Waals surface area contributed by atoms with Crippen LogP contribution in [0.1, 0.15) is 45.6 Å². The molecule has 0 aliphatic heterocycles. The third kappa shape index (κ3) is 7.58. The molecule has 1 unspecified atom stereocenters. The Balaban J connectivity index is 2.56. The summed E-state index contributed by atoms with van der Waals surface area (Å²) in [5, 5.41) is 3.51. The van der Waals surface area contributed by atoms with Crippen molar-refractivity contribution in [2.45, 2.75) is 52.1 Å². The molecule has 1 atom stereocenters. The van der Waals surface area contributed by atoms with E-state index in [4.69, 9.17) is 4.74 Å². The molecule has 120 valence electrons. The van der Waals surface area contributed by atoms with Gasteiger partial charge in [0.2, 0.25) is 0 Å². The van der Waals surface area contributed by atoms with E-state index in [-0.39, 0.29) is 11.4 Å². The van der Waals surface area contributed by atoms with Gasteiger partial charge in [0.05, 0.1) is 5.60 Å². The summed E-state index contributed by atoms with van der Waals surface area (Å²) in [6.07, 6.45) is 4.27. The molecule has 2 nitrogen and oxygen atoms in total. The molecule has 1 rings (SSSR count). The summed E-state index contributed by atoms with van der Waals surface area (Å²) in [4.78, 5) is 0. The molecule has 0 aromatic heterocycles. The van der Waals surface area contributed by atoms with Gasteiger partial charge in [-0.25, -0.2) is 4.39 Å². The second-order valence-corrected chi connectivity index (χ2v) is 6.40. The molecule has 1 aromatic rings. The van der Waals surface area contributed by atoms with Crippen LogP contribution in [0.4, 0.5) is 4.39 Å². The first-order valence-electron chi connectivity index (χ1n) is 7.97. The van der Waals surface area contributed by atoms with Crippen LogP contribution in [0, 0.1) is 11.7 Å². The first-order chi connectivity index (χ1) is 9.96.